The lowest BCUT2D eigenvalue weighted by atomic mass is 10.00. The molecule has 0 fully saturated rings. The predicted molar refractivity (Wildman–Crippen MR) is 89.8 cm³/mol. The van der Waals surface area contributed by atoms with E-state index in [1.54, 1.807) is 12.1 Å². The van der Waals surface area contributed by atoms with E-state index in [9.17, 15) is 19.8 Å². The number of nitrogens with zero attached hydrogens (tertiary/aromatic N) is 1. The molecule has 1 aromatic carbocycles. The van der Waals surface area contributed by atoms with Crippen molar-refractivity contribution in [3.63, 3.8) is 0 Å². The Morgan fingerprint density at radius 1 is 1.24 bits per heavy atom. The van der Waals surface area contributed by atoms with E-state index >= 15 is 0 Å². The Hall–Kier alpha value is -3.29. The molecule has 1 heterocycles. The third-order valence-corrected chi connectivity index (χ3v) is 3.59. The maximum Gasteiger partial charge on any atom is 0.351 e. The number of hydrogen-bond donors (Lipinski definition) is 5. The molecule has 5 N–H and O–H groups in total. The first kappa shape index (κ1) is 18.1. The lowest BCUT2D eigenvalue weighted by Crippen LogP contribution is -2.41. The molecule has 8 nitrogen and oxygen atoms in total. The SMILES string of the molecule is O=C(O)C1=CC(=CC=NCCc2ccc(O)c(O)c2)C[C@@H](C(=O)O)N1. The summed E-state index contributed by atoms with van der Waals surface area (Å²) in [4.78, 5) is 26.3. The first-order chi connectivity index (χ1) is 11.9. The molecule has 8 heteroatoms. The van der Waals surface area contributed by atoms with Crippen molar-refractivity contribution in [2.24, 2.45) is 4.99 Å². The van der Waals surface area contributed by atoms with Crippen LogP contribution in [-0.2, 0) is 16.0 Å². The van der Waals surface area contributed by atoms with Crippen molar-refractivity contribution in [1.29, 1.82) is 0 Å². The number of carbonyl (C=O) groups is 2. The van der Waals surface area contributed by atoms with Gasteiger partial charge in [-0.05, 0) is 41.8 Å². The summed E-state index contributed by atoms with van der Waals surface area (Å²) in [7, 11) is 0. The summed E-state index contributed by atoms with van der Waals surface area (Å²) in [5.74, 6) is -2.72. The molecule has 1 aliphatic heterocycles. The minimum atomic E-state index is -1.22. The molecule has 0 radical (unpaired) electrons. The molecule has 0 aromatic heterocycles. The second kappa shape index (κ2) is 8.00. The van der Waals surface area contributed by atoms with Gasteiger partial charge in [0.2, 0.25) is 0 Å². The highest BCUT2D eigenvalue weighted by Gasteiger charge is 2.26. The van der Waals surface area contributed by atoms with Crippen LogP contribution in [0.25, 0.3) is 0 Å². The van der Waals surface area contributed by atoms with Crippen LogP contribution >= 0.6 is 0 Å². The van der Waals surface area contributed by atoms with Crippen LogP contribution in [-0.4, -0.2) is 51.2 Å². The van der Waals surface area contributed by atoms with Gasteiger partial charge in [-0.15, -0.1) is 0 Å². The lowest BCUT2D eigenvalue weighted by Gasteiger charge is -2.21. The Kier molecular flexibility index (Phi) is 5.78. The van der Waals surface area contributed by atoms with Crippen molar-refractivity contribution in [3.8, 4) is 11.5 Å². The number of rotatable bonds is 6. The van der Waals surface area contributed by atoms with E-state index in [1.165, 1.54) is 24.4 Å². The number of aliphatic imine (C=N–C) groups is 1. The number of allylic oxidation sites excluding steroid dienone is 2. The molecule has 1 atom stereocenters. The Bertz CT molecular complexity index is 766. The summed E-state index contributed by atoms with van der Waals surface area (Å²) < 4.78 is 0. The fourth-order valence-corrected chi connectivity index (χ4v) is 2.29. The average molecular weight is 346 g/mol. The molecule has 1 aliphatic rings. The van der Waals surface area contributed by atoms with E-state index in [0.29, 0.717) is 18.5 Å². The molecular weight excluding hydrogens is 328 g/mol. The van der Waals surface area contributed by atoms with Gasteiger partial charge in [0.05, 0.1) is 0 Å². The van der Waals surface area contributed by atoms with Gasteiger partial charge >= 0.3 is 11.9 Å². The van der Waals surface area contributed by atoms with Crippen LogP contribution < -0.4 is 5.32 Å². The number of phenols is 2. The number of hydrogen-bond acceptors (Lipinski definition) is 6. The first-order valence-electron chi connectivity index (χ1n) is 7.51. The third kappa shape index (κ3) is 5.10. The van der Waals surface area contributed by atoms with E-state index in [0.717, 1.165) is 5.56 Å². The molecule has 132 valence electrons. The zero-order chi connectivity index (χ0) is 18.4. The van der Waals surface area contributed by atoms with Crippen molar-refractivity contribution in [1.82, 2.24) is 5.32 Å². The maximum absolute atomic E-state index is 11.1. The van der Waals surface area contributed by atoms with Crippen LogP contribution in [0.5, 0.6) is 11.5 Å². The van der Waals surface area contributed by atoms with E-state index < -0.39 is 18.0 Å². The Labute approximate surface area is 143 Å². The van der Waals surface area contributed by atoms with Gasteiger partial charge in [-0.1, -0.05) is 6.07 Å². The number of phenolic OH excluding ortho intramolecular Hbond substituents is 2. The molecule has 1 aromatic rings. The molecule has 0 bridgehead atoms. The average Bonchev–Trinajstić information content (AvgIpc) is 2.57. The van der Waals surface area contributed by atoms with Gasteiger partial charge in [0, 0.05) is 19.2 Å². The van der Waals surface area contributed by atoms with Crippen LogP contribution in [0.4, 0.5) is 0 Å². The molecule has 0 saturated heterocycles. The summed E-state index contributed by atoms with van der Waals surface area (Å²) in [5, 5.41) is 39.2. The van der Waals surface area contributed by atoms with Crippen molar-refractivity contribution in [2.75, 3.05) is 6.54 Å². The zero-order valence-corrected chi connectivity index (χ0v) is 13.2. The normalized spacial score (nSPS) is 18.8. The summed E-state index contributed by atoms with van der Waals surface area (Å²) >= 11 is 0. The van der Waals surface area contributed by atoms with Crippen molar-refractivity contribution < 1.29 is 30.0 Å². The molecule has 0 aliphatic carbocycles. The van der Waals surface area contributed by atoms with E-state index in [1.807, 2.05) is 0 Å². The number of aromatic hydroxyl groups is 2. The standard InChI is InChI=1S/C17H18N2O6/c20-14-2-1-10(9-15(14)21)3-5-18-6-4-11-7-12(16(22)23)19-13(8-11)17(24)25/h1-2,4,6-7,9,13,19-21H,3,5,8H2,(H,22,23)(H,24,25)/t13-/m0/s1. The lowest BCUT2D eigenvalue weighted by molar-refractivity contribution is -0.139. The second-order valence-electron chi connectivity index (χ2n) is 5.47. The topological polar surface area (TPSA) is 139 Å². The summed E-state index contributed by atoms with van der Waals surface area (Å²) in [5.41, 5.74) is 1.19. The largest absolute Gasteiger partial charge is 0.504 e. The minimum Gasteiger partial charge on any atom is -0.504 e. The van der Waals surface area contributed by atoms with E-state index in [-0.39, 0.29) is 23.6 Å². The molecule has 0 saturated carbocycles. The fourth-order valence-electron chi connectivity index (χ4n) is 2.29. The highest BCUT2D eigenvalue weighted by atomic mass is 16.4. The first-order valence-corrected chi connectivity index (χ1v) is 7.51. The van der Waals surface area contributed by atoms with Crippen LogP contribution in [0.15, 0.2) is 46.6 Å². The summed E-state index contributed by atoms with van der Waals surface area (Å²) in [6, 6.07) is 3.54. The van der Waals surface area contributed by atoms with E-state index in [4.69, 9.17) is 10.2 Å². The van der Waals surface area contributed by atoms with Crippen LogP contribution in [0.2, 0.25) is 0 Å². The van der Waals surface area contributed by atoms with Gasteiger partial charge < -0.3 is 25.7 Å². The van der Waals surface area contributed by atoms with Gasteiger partial charge in [0.15, 0.2) is 11.5 Å². The number of carboxylic acid groups (broad SMARTS) is 2. The monoisotopic (exact) mass is 346 g/mol. The molecular formula is C17H18N2O6. The zero-order valence-electron chi connectivity index (χ0n) is 13.2. The molecule has 25 heavy (non-hydrogen) atoms. The smallest absolute Gasteiger partial charge is 0.351 e. The Balaban J connectivity index is 1.97. The predicted octanol–water partition coefficient (Wildman–Crippen LogP) is 1.05. The number of benzene rings is 1. The highest BCUT2D eigenvalue weighted by Crippen LogP contribution is 2.25. The van der Waals surface area contributed by atoms with Gasteiger partial charge in [-0.25, -0.2) is 9.59 Å². The number of aliphatic carboxylic acids is 2. The van der Waals surface area contributed by atoms with Crippen molar-refractivity contribution in [3.05, 3.63) is 47.2 Å². The van der Waals surface area contributed by atoms with E-state index in [2.05, 4.69) is 10.3 Å². The van der Waals surface area contributed by atoms with Crippen LogP contribution in [0, 0.1) is 0 Å². The van der Waals surface area contributed by atoms with Gasteiger partial charge in [-0.2, -0.15) is 0 Å². The highest BCUT2D eigenvalue weighted by molar-refractivity contribution is 5.89. The maximum atomic E-state index is 11.1. The van der Waals surface area contributed by atoms with Crippen molar-refractivity contribution in [2.45, 2.75) is 18.9 Å². The van der Waals surface area contributed by atoms with Crippen molar-refractivity contribution >= 4 is 18.2 Å². The fraction of sp³-hybridized carbons (Fsp3) is 0.235. The molecule has 0 spiro atoms. The van der Waals surface area contributed by atoms with Crippen LogP contribution in [0.3, 0.4) is 0 Å². The number of nitrogens with one attached hydrogen (secondary N) is 1. The second-order valence-corrected chi connectivity index (χ2v) is 5.47. The number of carboxylic acids is 2. The summed E-state index contributed by atoms with van der Waals surface area (Å²) in [6.07, 6.45) is 5.16. The molecule has 0 unspecified atom stereocenters. The Morgan fingerprint density at radius 3 is 2.64 bits per heavy atom. The van der Waals surface area contributed by atoms with Gasteiger partial charge in [0.25, 0.3) is 0 Å². The minimum absolute atomic E-state index is 0.157. The molecule has 2 rings (SSSR count). The Morgan fingerprint density at radius 2 is 2.00 bits per heavy atom. The third-order valence-electron chi connectivity index (χ3n) is 3.59. The molecule has 0 amide bonds. The van der Waals surface area contributed by atoms with Gasteiger partial charge in [0.1, 0.15) is 11.7 Å². The van der Waals surface area contributed by atoms with Gasteiger partial charge in [-0.3, -0.25) is 4.99 Å². The van der Waals surface area contributed by atoms with Crippen LogP contribution in [0.1, 0.15) is 12.0 Å². The summed E-state index contributed by atoms with van der Waals surface area (Å²) in [6.45, 7) is 0.421. The quantitative estimate of drug-likeness (QED) is 0.383.